The van der Waals surface area contributed by atoms with Gasteiger partial charge in [0.25, 0.3) is 0 Å². The molecule has 1 fully saturated rings. The van der Waals surface area contributed by atoms with Crippen LogP contribution in [-0.4, -0.2) is 26.5 Å². The predicted molar refractivity (Wildman–Crippen MR) is 82.5 cm³/mol. The Balaban J connectivity index is 1.85. The third kappa shape index (κ3) is 2.45. The first-order valence-electron chi connectivity index (χ1n) is 7.60. The molecule has 0 radical (unpaired) electrons. The maximum Gasteiger partial charge on any atom is 0.307 e. The second kappa shape index (κ2) is 5.79. The van der Waals surface area contributed by atoms with Crippen molar-refractivity contribution in [1.29, 1.82) is 0 Å². The van der Waals surface area contributed by atoms with Crippen molar-refractivity contribution < 1.29 is 14.7 Å². The molecule has 3 rings (SSSR count). The number of hydrogen-bond donors (Lipinski definition) is 2. The third-order valence-corrected chi connectivity index (χ3v) is 4.27. The lowest BCUT2D eigenvalue weighted by Gasteiger charge is -2.31. The molecule has 0 bridgehead atoms. The van der Waals surface area contributed by atoms with Crippen LogP contribution < -0.4 is 5.32 Å². The Morgan fingerprint density at radius 1 is 1.32 bits per heavy atom. The Bertz CT molecular complexity index is 722. The van der Waals surface area contributed by atoms with Gasteiger partial charge in [0.2, 0.25) is 11.9 Å². The summed E-state index contributed by atoms with van der Waals surface area (Å²) in [5.74, 6) is -1.65. The largest absolute Gasteiger partial charge is 0.481 e. The molecule has 2 unspecified atom stereocenters. The van der Waals surface area contributed by atoms with Crippen molar-refractivity contribution in [2.24, 2.45) is 11.8 Å². The van der Waals surface area contributed by atoms with E-state index < -0.39 is 17.8 Å². The highest BCUT2D eigenvalue weighted by Gasteiger charge is 2.41. The zero-order valence-electron chi connectivity index (χ0n) is 12.5. The van der Waals surface area contributed by atoms with Gasteiger partial charge in [0.15, 0.2) is 0 Å². The van der Waals surface area contributed by atoms with Gasteiger partial charge in [-0.2, -0.15) is 0 Å². The number of imidazole rings is 1. The van der Waals surface area contributed by atoms with Crippen molar-refractivity contribution in [3.05, 3.63) is 24.3 Å². The molecule has 1 aromatic heterocycles. The van der Waals surface area contributed by atoms with Crippen LogP contribution in [0.25, 0.3) is 11.0 Å². The van der Waals surface area contributed by atoms with Gasteiger partial charge in [0.05, 0.1) is 22.9 Å². The lowest BCUT2D eigenvalue weighted by Crippen LogP contribution is -2.41. The van der Waals surface area contributed by atoms with Crippen molar-refractivity contribution in [1.82, 2.24) is 9.55 Å². The first kappa shape index (κ1) is 14.6. The number of carboxylic acids is 1. The Morgan fingerprint density at radius 2 is 2.05 bits per heavy atom. The van der Waals surface area contributed by atoms with Crippen LogP contribution in [0.5, 0.6) is 0 Å². The first-order valence-corrected chi connectivity index (χ1v) is 7.60. The fourth-order valence-electron chi connectivity index (χ4n) is 2.93. The van der Waals surface area contributed by atoms with E-state index in [9.17, 15) is 9.59 Å². The predicted octanol–water partition coefficient (Wildman–Crippen LogP) is 2.50. The summed E-state index contributed by atoms with van der Waals surface area (Å²) in [6.07, 6.45) is 2.11. The van der Waals surface area contributed by atoms with E-state index in [1.165, 1.54) is 0 Å². The Kier molecular flexibility index (Phi) is 3.83. The molecule has 0 spiro atoms. The van der Waals surface area contributed by atoms with Crippen molar-refractivity contribution in [2.75, 3.05) is 5.32 Å². The molecule has 1 amide bonds. The molecular weight excluding hydrogens is 282 g/mol. The van der Waals surface area contributed by atoms with Gasteiger partial charge in [0.1, 0.15) is 0 Å². The van der Waals surface area contributed by atoms with E-state index in [1.807, 2.05) is 28.8 Å². The molecule has 1 aliphatic rings. The van der Waals surface area contributed by atoms with Gasteiger partial charge < -0.3 is 9.67 Å². The number of benzene rings is 1. The van der Waals surface area contributed by atoms with Crippen LogP contribution in [-0.2, 0) is 16.1 Å². The highest BCUT2D eigenvalue weighted by atomic mass is 16.4. The van der Waals surface area contributed by atoms with E-state index in [0.717, 1.165) is 24.0 Å². The molecule has 1 saturated carbocycles. The number of aryl methyl sites for hydroxylation is 1. The molecule has 2 aromatic rings. The first-order chi connectivity index (χ1) is 10.6. The normalized spacial score (nSPS) is 20.6. The van der Waals surface area contributed by atoms with E-state index >= 15 is 0 Å². The number of nitrogens with one attached hydrogen (secondary N) is 1. The topological polar surface area (TPSA) is 84.2 Å². The summed E-state index contributed by atoms with van der Waals surface area (Å²) in [5.41, 5.74) is 1.80. The number of aliphatic carboxylic acids is 1. The van der Waals surface area contributed by atoms with Gasteiger partial charge in [-0.15, -0.1) is 0 Å². The molecule has 6 nitrogen and oxygen atoms in total. The number of amides is 1. The van der Waals surface area contributed by atoms with E-state index in [-0.39, 0.29) is 5.91 Å². The fourth-order valence-corrected chi connectivity index (χ4v) is 2.93. The number of carboxylic acid groups (broad SMARTS) is 1. The molecule has 1 aromatic carbocycles. The Morgan fingerprint density at radius 3 is 2.68 bits per heavy atom. The molecule has 1 heterocycles. The highest BCUT2D eigenvalue weighted by Crippen LogP contribution is 2.35. The summed E-state index contributed by atoms with van der Waals surface area (Å²) in [7, 11) is 0. The molecule has 116 valence electrons. The zero-order valence-corrected chi connectivity index (χ0v) is 12.5. The number of aromatic nitrogens is 2. The second-order valence-corrected chi connectivity index (χ2v) is 5.69. The van der Waals surface area contributed by atoms with E-state index in [4.69, 9.17) is 5.11 Å². The fraction of sp³-hybridized carbons (Fsp3) is 0.438. The van der Waals surface area contributed by atoms with Gasteiger partial charge in [-0.3, -0.25) is 14.9 Å². The maximum atomic E-state index is 12.3. The van der Waals surface area contributed by atoms with Crippen LogP contribution >= 0.6 is 0 Å². The number of carbonyl (C=O) groups is 2. The lowest BCUT2D eigenvalue weighted by molar-refractivity contribution is -0.151. The zero-order chi connectivity index (χ0) is 15.7. The SMILES string of the molecule is CCCn1c(NC(=O)C2CCC2C(=O)O)nc2ccccc21. The minimum atomic E-state index is -0.895. The van der Waals surface area contributed by atoms with Crippen LogP contribution in [0.4, 0.5) is 5.95 Å². The summed E-state index contributed by atoms with van der Waals surface area (Å²) in [6.45, 7) is 2.82. The molecule has 22 heavy (non-hydrogen) atoms. The number of para-hydroxylation sites is 2. The van der Waals surface area contributed by atoms with Crippen molar-refractivity contribution in [2.45, 2.75) is 32.7 Å². The molecule has 2 N–H and O–H groups in total. The quantitative estimate of drug-likeness (QED) is 0.888. The summed E-state index contributed by atoms with van der Waals surface area (Å²) in [5, 5.41) is 11.9. The van der Waals surface area contributed by atoms with Crippen molar-refractivity contribution >= 4 is 28.9 Å². The average Bonchev–Trinajstić information content (AvgIpc) is 2.75. The summed E-state index contributed by atoms with van der Waals surface area (Å²) in [6, 6.07) is 7.72. The van der Waals surface area contributed by atoms with Gasteiger partial charge in [-0.1, -0.05) is 19.1 Å². The minimum Gasteiger partial charge on any atom is -0.481 e. The molecule has 6 heteroatoms. The van der Waals surface area contributed by atoms with Gasteiger partial charge in [-0.05, 0) is 31.4 Å². The number of carbonyl (C=O) groups excluding carboxylic acids is 1. The molecule has 0 aliphatic heterocycles. The number of nitrogens with zero attached hydrogens (tertiary/aromatic N) is 2. The minimum absolute atomic E-state index is 0.244. The smallest absolute Gasteiger partial charge is 0.307 e. The Hall–Kier alpha value is -2.37. The third-order valence-electron chi connectivity index (χ3n) is 4.27. The van der Waals surface area contributed by atoms with Crippen LogP contribution in [0.2, 0.25) is 0 Å². The summed E-state index contributed by atoms with van der Waals surface area (Å²) < 4.78 is 1.97. The maximum absolute atomic E-state index is 12.3. The number of rotatable bonds is 5. The van der Waals surface area contributed by atoms with E-state index in [1.54, 1.807) is 0 Å². The van der Waals surface area contributed by atoms with Gasteiger partial charge >= 0.3 is 5.97 Å². The van der Waals surface area contributed by atoms with Crippen molar-refractivity contribution in [3.63, 3.8) is 0 Å². The second-order valence-electron chi connectivity index (χ2n) is 5.69. The molecule has 0 saturated heterocycles. The number of anilines is 1. The highest BCUT2D eigenvalue weighted by molar-refractivity contribution is 5.96. The van der Waals surface area contributed by atoms with Crippen LogP contribution in [0.3, 0.4) is 0 Å². The number of fused-ring (bicyclic) bond motifs is 1. The van der Waals surface area contributed by atoms with Crippen LogP contribution in [0, 0.1) is 11.8 Å². The lowest BCUT2D eigenvalue weighted by atomic mass is 9.73. The van der Waals surface area contributed by atoms with Crippen LogP contribution in [0.1, 0.15) is 26.2 Å². The monoisotopic (exact) mass is 301 g/mol. The Labute approximate surface area is 128 Å². The number of hydrogen-bond acceptors (Lipinski definition) is 3. The molecule has 1 aliphatic carbocycles. The summed E-state index contributed by atoms with van der Waals surface area (Å²) in [4.78, 5) is 27.8. The average molecular weight is 301 g/mol. The van der Waals surface area contributed by atoms with E-state index in [2.05, 4.69) is 17.2 Å². The van der Waals surface area contributed by atoms with Gasteiger partial charge in [-0.25, -0.2) is 4.98 Å². The van der Waals surface area contributed by atoms with Crippen molar-refractivity contribution in [3.8, 4) is 0 Å². The summed E-state index contributed by atoms with van der Waals surface area (Å²) >= 11 is 0. The molecular formula is C16H19N3O3. The van der Waals surface area contributed by atoms with Crippen LogP contribution in [0.15, 0.2) is 24.3 Å². The van der Waals surface area contributed by atoms with Gasteiger partial charge in [0, 0.05) is 6.54 Å². The van der Waals surface area contributed by atoms with E-state index in [0.29, 0.717) is 18.8 Å². The standard InChI is InChI=1S/C16H19N3O3/c1-2-9-19-13-6-4-3-5-12(13)17-16(19)18-14(20)10-7-8-11(10)15(21)22/h3-6,10-11H,2,7-9H2,1H3,(H,21,22)(H,17,18,20). The molecule has 2 atom stereocenters.